The van der Waals surface area contributed by atoms with Crippen molar-refractivity contribution in [2.45, 2.75) is 26.4 Å². The van der Waals surface area contributed by atoms with Gasteiger partial charge in [-0.15, -0.1) is 0 Å². The molecule has 1 fully saturated rings. The SMILES string of the molecule is COc1cc(C(=O)N2CCS(=O)(=O)CC2)ccc1Nc1cc2c(cn1)cc(-c1cnn(C)c1)n2C(=O)OC(C)(C)C. The lowest BCUT2D eigenvalue weighted by Gasteiger charge is -2.27. The van der Waals surface area contributed by atoms with E-state index in [-0.39, 0.29) is 30.5 Å². The Kier molecular flexibility index (Phi) is 7.24. The molecule has 1 amide bonds. The van der Waals surface area contributed by atoms with E-state index < -0.39 is 21.5 Å². The maximum Gasteiger partial charge on any atom is 0.419 e. The molecule has 4 heterocycles. The van der Waals surface area contributed by atoms with Crippen LogP contribution in [0, 0.1) is 0 Å². The van der Waals surface area contributed by atoms with Crippen molar-refractivity contribution in [1.29, 1.82) is 0 Å². The topological polar surface area (TPSA) is 138 Å². The summed E-state index contributed by atoms with van der Waals surface area (Å²) in [5, 5.41) is 8.19. The number of amides is 1. The zero-order valence-electron chi connectivity index (χ0n) is 23.5. The number of fused-ring (bicyclic) bond motifs is 1. The number of nitrogens with one attached hydrogen (secondary N) is 1. The normalized spacial score (nSPS) is 15.1. The molecule has 12 nitrogen and oxygen atoms in total. The number of pyridine rings is 1. The summed E-state index contributed by atoms with van der Waals surface area (Å²) < 4.78 is 37.9. The number of aryl methyl sites for hydroxylation is 1. The molecule has 5 rings (SSSR count). The molecule has 3 aromatic heterocycles. The van der Waals surface area contributed by atoms with Gasteiger partial charge in [0.25, 0.3) is 5.91 Å². The fourth-order valence-corrected chi connectivity index (χ4v) is 5.81. The van der Waals surface area contributed by atoms with Gasteiger partial charge in [0.1, 0.15) is 17.2 Å². The molecule has 0 saturated carbocycles. The molecule has 0 bridgehead atoms. The maximum atomic E-state index is 13.4. The highest BCUT2D eigenvalue weighted by atomic mass is 32.2. The highest BCUT2D eigenvalue weighted by Gasteiger charge is 2.27. The Hall–Kier alpha value is -4.39. The third-order valence-electron chi connectivity index (χ3n) is 6.61. The van der Waals surface area contributed by atoms with Crippen molar-refractivity contribution in [3.63, 3.8) is 0 Å². The number of benzene rings is 1. The summed E-state index contributed by atoms with van der Waals surface area (Å²) in [4.78, 5) is 32.4. The molecule has 0 unspecified atom stereocenters. The van der Waals surface area contributed by atoms with Crippen LogP contribution < -0.4 is 10.1 Å². The number of hydrogen-bond acceptors (Lipinski definition) is 9. The summed E-state index contributed by atoms with van der Waals surface area (Å²) in [7, 11) is 0.192. The Morgan fingerprint density at radius 3 is 2.41 bits per heavy atom. The van der Waals surface area contributed by atoms with Crippen molar-refractivity contribution >= 4 is 44.2 Å². The molecule has 216 valence electrons. The van der Waals surface area contributed by atoms with Gasteiger partial charge in [-0.25, -0.2) is 22.8 Å². The van der Waals surface area contributed by atoms with Gasteiger partial charge in [0.2, 0.25) is 0 Å². The standard InChI is InChI=1S/C28H32N6O6S/c1-28(2,3)40-27(36)34-22(20-16-30-32(4)17-20)12-19-15-29-25(14-23(19)34)31-21-7-6-18(13-24(21)39-5)26(35)33-8-10-41(37,38)11-9-33/h6-7,12-17H,8-11H2,1-5H3,(H,29,31). The first kappa shape index (κ1) is 28.1. The largest absolute Gasteiger partial charge is 0.495 e. The van der Waals surface area contributed by atoms with Gasteiger partial charge >= 0.3 is 6.09 Å². The predicted molar refractivity (Wildman–Crippen MR) is 154 cm³/mol. The first-order valence-electron chi connectivity index (χ1n) is 13.0. The zero-order chi connectivity index (χ0) is 29.5. The molecule has 0 aliphatic carbocycles. The first-order chi connectivity index (χ1) is 19.3. The minimum Gasteiger partial charge on any atom is -0.495 e. The molecule has 1 aliphatic heterocycles. The van der Waals surface area contributed by atoms with Gasteiger partial charge in [0.15, 0.2) is 9.84 Å². The van der Waals surface area contributed by atoms with E-state index in [4.69, 9.17) is 9.47 Å². The van der Waals surface area contributed by atoms with Gasteiger partial charge in [-0.05, 0) is 45.0 Å². The number of hydrogen-bond donors (Lipinski definition) is 1. The van der Waals surface area contributed by atoms with Crippen molar-refractivity contribution in [3.8, 4) is 17.0 Å². The number of aromatic nitrogens is 4. The number of rotatable bonds is 5. The van der Waals surface area contributed by atoms with Crippen LogP contribution in [-0.4, -0.2) is 82.0 Å². The van der Waals surface area contributed by atoms with Crippen molar-refractivity contribution < 1.29 is 27.5 Å². The molecule has 13 heteroatoms. The molecular weight excluding hydrogens is 548 g/mol. The van der Waals surface area contributed by atoms with E-state index in [1.165, 1.54) is 16.6 Å². The van der Waals surface area contributed by atoms with Gasteiger partial charge in [0.05, 0.1) is 41.7 Å². The molecule has 41 heavy (non-hydrogen) atoms. The Bertz CT molecular complexity index is 1740. The highest BCUT2D eigenvalue weighted by Crippen LogP contribution is 2.33. The molecule has 1 aromatic carbocycles. The van der Waals surface area contributed by atoms with E-state index in [1.54, 1.807) is 48.4 Å². The number of methoxy groups -OCH3 is 1. The molecule has 0 atom stereocenters. The van der Waals surface area contributed by atoms with Crippen LogP contribution in [0.5, 0.6) is 5.75 Å². The molecule has 4 aromatic rings. The number of carbonyl (C=O) groups excluding carboxylic acids is 2. The maximum absolute atomic E-state index is 13.4. The van der Waals surface area contributed by atoms with Crippen LogP contribution in [-0.2, 0) is 21.6 Å². The van der Waals surface area contributed by atoms with E-state index >= 15 is 0 Å². The van der Waals surface area contributed by atoms with Crippen LogP contribution in [0.25, 0.3) is 22.2 Å². The summed E-state index contributed by atoms with van der Waals surface area (Å²) in [6.07, 6.45) is 4.62. The van der Waals surface area contributed by atoms with Crippen LogP contribution in [0.4, 0.5) is 16.3 Å². The highest BCUT2D eigenvalue weighted by molar-refractivity contribution is 7.91. The van der Waals surface area contributed by atoms with Crippen LogP contribution in [0.2, 0.25) is 0 Å². The second-order valence-corrected chi connectivity index (χ2v) is 13.2. The number of ether oxygens (including phenoxy) is 2. The van der Waals surface area contributed by atoms with E-state index in [0.29, 0.717) is 34.0 Å². The summed E-state index contributed by atoms with van der Waals surface area (Å²) in [5.74, 6) is 0.495. The second-order valence-electron chi connectivity index (χ2n) is 10.9. The van der Waals surface area contributed by atoms with E-state index in [2.05, 4.69) is 15.4 Å². The molecule has 1 saturated heterocycles. The quantitative estimate of drug-likeness (QED) is 0.373. The molecule has 1 N–H and O–H groups in total. The first-order valence-corrected chi connectivity index (χ1v) is 14.8. The van der Waals surface area contributed by atoms with Crippen molar-refractivity contribution in [2.24, 2.45) is 7.05 Å². The van der Waals surface area contributed by atoms with Crippen molar-refractivity contribution in [1.82, 2.24) is 24.2 Å². The number of nitrogens with zero attached hydrogens (tertiary/aromatic N) is 5. The van der Waals surface area contributed by atoms with Gasteiger partial charge in [0, 0.05) is 55.1 Å². The fourth-order valence-electron chi connectivity index (χ4n) is 4.60. The average Bonchev–Trinajstić information content (AvgIpc) is 3.50. The third kappa shape index (κ3) is 6.04. The average molecular weight is 581 g/mol. The summed E-state index contributed by atoms with van der Waals surface area (Å²) in [6, 6.07) is 8.56. The number of carbonyl (C=O) groups is 2. The van der Waals surface area contributed by atoms with Gasteiger partial charge in [-0.1, -0.05) is 0 Å². The Labute approximate surface area is 237 Å². The van der Waals surface area contributed by atoms with Crippen LogP contribution in [0.3, 0.4) is 0 Å². The summed E-state index contributed by atoms with van der Waals surface area (Å²) in [5.41, 5.74) is 2.18. The van der Waals surface area contributed by atoms with Crippen LogP contribution in [0.1, 0.15) is 31.1 Å². The summed E-state index contributed by atoms with van der Waals surface area (Å²) >= 11 is 0. The second kappa shape index (κ2) is 10.5. The van der Waals surface area contributed by atoms with Crippen LogP contribution in [0.15, 0.2) is 48.9 Å². The Morgan fingerprint density at radius 2 is 1.78 bits per heavy atom. The predicted octanol–water partition coefficient (Wildman–Crippen LogP) is 3.84. The third-order valence-corrected chi connectivity index (χ3v) is 8.21. The minimum absolute atomic E-state index is 0.0445. The Morgan fingerprint density at radius 1 is 1.05 bits per heavy atom. The van der Waals surface area contributed by atoms with Crippen molar-refractivity contribution in [3.05, 3.63) is 54.5 Å². The molecule has 0 spiro atoms. The lowest BCUT2D eigenvalue weighted by atomic mass is 10.1. The van der Waals surface area contributed by atoms with Gasteiger partial charge in [-0.3, -0.25) is 9.48 Å². The molecular formula is C28H32N6O6S. The summed E-state index contributed by atoms with van der Waals surface area (Å²) in [6.45, 7) is 5.74. The zero-order valence-corrected chi connectivity index (χ0v) is 24.4. The molecule has 0 radical (unpaired) electrons. The lowest BCUT2D eigenvalue weighted by Crippen LogP contribution is -2.43. The monoisotopic (exact) mass is 580 g/mol. The molecule has 1 aliphatic rings. The smallest absolute Gasteiger partial charge is 0.419 e. The lowest BCUT2D eigenvalue weighted by molar-refractivity contribution is 0.0547. The van der Waals surface area contributed by atoms with E-state index in [1.807, 2.05) is 33.0 Å². The minimum atomic E-state index is -3.10. The number of anilines is 2. The number of sulfone groups is 1. The Balaban J connectivity index is 1.47. The van der Waals surface area contributed by atoms with Crippen molar-refractivity contribution in [2.75, 3.05) is 37.0 Å². The van der Waals surface area contributed by atoms with E-state index in [9.17, 15) is 18.0 Å². The van der Waals surface area contributed by atoms with Gasteiger partial charge < -0.3 is 19.7 Å². The van der Waals surface area contributed by atoms with E-state index in [0.717, 1.165) is 10.9 Å². The fraction of sp³-hybridized carbons (Fsp3) is 0.357. The van der Waals surface area contributed by atoms with Gasteiger partial charge in [-0.2, -0.15) is 5.10 Å². The van der Waals surface area contributed by atoms with Crippen LogP contribution >= 0.6 is 0 Å².